The van der Waals surface area contributed by atoms with Gasteiger partial charge in [-0.1, -0.05) is 15.9 Å². The average molecular weight is 436 g/mol. The van der Waals surface area contributed by atoms with Crippen molar-refractivity contribution in [1.29, 1.82) is 0 Å². The van der Waals surface area contributed by atoms with Crippen molar-refractivity contribution in [3.63, 3.8) is 0 Å². The van der Waals surface area contributed by atoms with Crippen molar-refractivity contribution in [2.24, 2.45) is 5.92 Å². The van der Waals surface area contributed by atoms with Crippen molar-refractivity contribution in [2.45, 2.75) is 43.6 Å². The average Bonchev–Trinajstić information content (AvgIpc) is 3.51. The minimum atomic E-state index is -0.217. The van der Waals surface area contributed by atoms with Crippen molar-refractivity contribution in [1.82, 2.24) is 14.9 Å². The van der Waals surface area contributed by atoms with Crippen LogP contribution in [0.25, 0.3) is 0 Å². The predicted octanol–water partition coefficient (Wildman–Crippen LogP) is 3.95. The van der Waals surface area contributed by atoms with E-state index in [-0.39, 0.29) is 23.1 Å². The van der Waals surface area contributed by atoms with Gasteiger partial charge in [-0.25, -0.2) is 4.39 Å². The Labute approximate surface area is 164 Å². The number of imidazole rings is 1. The van der Waals surface area contributed by atoms with Crippen LogP contribution < -0.4 is 5.32 Å². The molecule has 0 saturated heterocycles. The van der Waals surface area contributed by atoms with Crippen molar-refractivity contribution >= 4 is 34.1 Å². The molecule has 7 heteroatoms. The molecule has 2 atom stereocenters. The first-order chi connectivity index (χ1) is 12.5. The molecule has 26 heavy (non-hydrogen) atoms. The Morgan fingerprint density at radius 2 is 2.27 bits per heavy atom. The number of fused-ring (bicyclic) bond motifs is 3. The van der Waals surface area contributed by atoms with Crippen molar-refractivity contribution in [2.75, 3.05) is 6.54 Å². The summed E-state index contributed by atoms with van der Waals surface area (Å²) in [4.78, 5) is 15.5. The second kappa shape index (κ2) is 5.76. The summed E-state index contributed by atoms with van der Waals surface area (Å²) in [6, 6.07) is 5.13. The largest absolute Gasteiger partial charge is 0.355 e. The molecular weight excluding hydrogens is 417 g/mol. The van der Waals surface area contributed by atoms with E-state index in [9.17, 15) is 9.18 Å². The number of halogens is 2. The van der Waals surface area contributed by atoms with E-state index in [1.54, 1.807) is 6.07 Å². The summed E-state index contributed by atoms with van der Waals surface area (Å²) in [7, 11) is 0. The highest BCUT2D eigenvalue weighted by Crippen LogP contribution is 2.66. The van der Waals surface area contributed by atoms with E-state index in [0.717, 1.165) is 34.4 Å². The van der Waals surface area contributed by atoms with Gasteiger partial charge in [0.2, 0.25) is 5.91 Å². The minimum absolute atomic E-state index is 0.0309. The van der Waals surface area contributed by atoms with E-state index < -0.39 is 0 Å². The zero-order chi connectivity index (χ0) is 18.1. The number of H-pyrrole nitrogens is 1. The number of nitrogens with one attached hydrogen (secondary N) is 2. The first-order valence-electron chi connectivity index (χ1n) is 9.02. The summed E-state index contributed by atoms with van der Waals surface area (Å²) in [5.74, 6) is 0.752. The standard InChI is InChI=1S/C19H19BrFN3OS/c20-11-3-4-14(21)12(5-11)19-7-13(19)17-15(23-18(26)24(17)9-19)6-16(25)22-8-10-1-2-10/h3-5,10,13H,1-2,6-9H2,(H,22,25)(H,23,26)/t13-,19+/m0/s1. The van der Waals surface area contributed by atoms with Crippen molar-refractivity contribution in [3.8, 4) is 0 Å². The Balaban J connectivity index is 1.42. The lowest BCUT2D eigenvalue weighted by Gasteiger charge is -2.14. The summed E-state index contributed by atoms with van der Waals surface area (Å²) in [6.45, 7) is 1.45. The Hall–Kier alpha value is -1.47. The monoisotopic (exact) mass is 435 g/mol. The fourth-order valence-electron chi connectivity index (χ4n) is 4.41. The molecule has 2 heterocycles. The SMILES string of the molecule is O=C(Cc1[nH]c(=S)n2c1[C@@H]1C[C@]1(c1cc(Br)ccc1F)C2)NCC1CC1. The number of aromatic nitrogens is 2. The number of hydrogen-bond donors (Lipinski definition) is 2. The highest BCUT2D eigenvalue weighted by molar-refractivity contribution is 9.10. The summed E-state index contributed by atoms with van der Waals surface area (Å²) < 4.78 is 18.1. The normalized spacial score (nSPS) is 25.7. The molecule has 2 aromatic rings. The van der Waals surface area contributed by atoms with Gasteiger partial charge in [-0.2, -0.15) is 0 Å². The maximum atomic E-state index is 14.5. The molecule has 0 spiro atoms. The molecule has 2 N–H and O–H groups in total. The van der Waals surface area contributed by atoms with E-state index in [4.69, 9.17) is 12.2 Å². The van der Waals surface area contributed by atoms with Crippen LogP contribution in [0.15, 0.2) is 22.7 Å². The van der Waals surface area contributed by atoms with Gasteiger partial charge < -0.3 is 14.9 Å². The van der Waals surface area contributed by atoms with Crippen LogP contribution in [0.2, 0.25) is 0 Å². The van der Waals surface area contributed by atoms with Gasteiger partial charge in [0, 0.05) is 40.3 Å². The topological polar surface area (TPSA) is 49.8 Å². The number of nitrogens with zero attached hydrogens (tertiary/aromatic N) is 1. The van der Waals surface area contributed by atoms with Crippen LogP contribution in [0, 0.1) is 16.5 Å². The molecule has 5 rings (SSSR count). The maximum absolute atomic E-state index is 14.5. The van der Waals surface area contributed by atoms with Crippen LogP contribution in [-0.4, -0.2) is 22.0 Å². The molecule has 0 unspecified atom stereocenters. The van der Waals surface area contributed by atoms with Crippen LogP contribution in [0.3, 0.4) is 0 Å². The van der Waals surface area contributed by atoms with Crippen molar-refractivity contribution < 1.29 is 9.18 Å². The molecule has 0 radical (unpaired) electrons. The van der Waals surface area contributed by atoms with Gasteiger partial charge in [0.25, 0.3) is 0 Å². The number of aromatic amines is 1. The summed E-state index contributed by atoms with van der Waals surface area (Å²) in [5.41, 5.74) is 2.52. The molecule has 2 aliphatic carbocycles. The second-order valence-electron chi connectivity index (χ2n) is 7.84. The first kappa shape index (κ1) is 16.7. The van der Waals surface area contributed by atoms with Gasteiger partial charge in [-0.05, 0) is 61.2 Å². The molecular formula is C19H19BrFN3OS. The van der Waals surface area contributed by atoms with Gasteiger partial charge >= 0.3 is 0 Å². The van der Waals surface area contributed by atoms with E-state index in [1.165, 1.54) is 18.9 Å². The number of carbonyl (C=O) groups excluding carboxylic acids is 1. The highest BCUT2D eigenvalue weighted by Gasteiger charge is 2.63. The van der Waals surface area contributed by atoms with Gasteiger partial charge in [0.15, 0.2) is 4.77 Å². The fraction of sp³-hybridized carbons (Fsp3) is 0.474. The van der Waals surface area contributed by atoms with E-state index in [2.05, 4.69) is 30.8 Å². The number of benzene rings is 1. The lowest BCUT2D eigenvalue weighted by atomic mass is 9.93. The molecule has 0 bridgehead atoms. The van der Waals surface area contributed by atoms with Crippen LogP contribution in [0.5, 0.6) is 0 Å². The van der Waals surface area contributed by atoms with Crippen LogP contribution in [0.1, 0.15) is 42.1 Å². The fourth-order valence-corrected chi connectivity index (χ4v) is 5.06. The van der Waals surface area contributed by atoms with Gasteiger partial charge in [-0.3, -0.25) is 4.79 Å². The number of amides is 1. The second-order valence-corrected chi connectivity index (χ2v) is 9.14. The minimum Gasteiger partial charge on any atom is -0.355 e. The van der Waals surface area contributed by atoms with Crippen LogP contribution in [-0.2, 0) is 23.2 Å². The van der Waals surface area contributed by atoms with Gasteiger partial charge in [-0.15, -0.1) is 0 Å². The Morgan fingerprint density at radius 1 is 1.46 bits per heavy atom. The Kier molecular flexibility index (Phi) is 3.70. The number of carbonyl (C=O) groups is 1. The van der Waals surface area contributed by atoms with Gasteiger partial charge in [0.05, 0.1) is 6.42 Å². The zero-order valence-electron chi connectivity index (χ0n) is 14.1. The first-order valence-corrected chi connectivity index (χ1v) is 10.2. The molecule has 1 aromatic carbocycles. The quantitative estimate of drug-likeness (QED) is 0.698. The lowest BCUT2D eigenvalue weighted by Crippen LogP contribution is -2.27. The summed E-state index contributed by atoms with van der Waals surface area (Å²) >= 11 is 8.93. The summed E-state index contributed by atoms with van der Waals surface area (Å²) in [5, 5.41) is 3.01. The van der Waals surface area contributed by atoms with E-state index in [1.807, 2.05) is 6.07 Å². The molecule has 3 aliphatic rings. The van der Waals surface area contributed by atoms with E-state index in [0.29, 0.717) is 23.7 Å². The number of rotatable bonds is 5. The molecule has 1 amide bonds. The molecule has 4 nitrogen and oxygen atoms in total. The van der Waals surface area contributed by atoms with Gasteiger partial charge in [0.1, 0.15) is 5.82 Å². The molecule has 2 fully saturated rings. The summed E-state index contributed by atoms with van der Waals surface area (Å²) in [6.07, 6.45) is 3.65. The predicted molar refractivity (Wildman–Crippen MR) is 102 cm³/mol. The molecule has 136 valence electrons. The van der Waals surface area contributed by atoms with Crippen LogP contribution in [0.4, 0.5) is 4.39 Å². The van der Waals surface area contributed by atoms with Crippen LogP contribution >= 0.6 is 28.1 Å². The molecule has 1 aliphatic heterocycles. The third-order valence-electron chi connectivity index (χ3n) is 6.04. The molecule has 1 aromatic heterocycles. The third-order valence-corrected chi connectivity index (χ3v) is 6.85. The lowest BCUT2D eigenvalue weighted by molar-refractivity contribution is -0.120. The van der Waals surface area contributed by atoms with E-state index >= 15 is 0 Å². The molecule has 2 saturated carbocycles. The van der Waals surface area contributed by atoms with Crippen molar-refractivity contribution in [3.05, 3.63) is 50.2 Å². The zero-order valence-corrected chi connectivity index (χ0v) is 16.6. The smallest absolute Gasteiger partial charge is 0.226 e. The maximum Gasteiger partial charge on any atom is 0.226 e. The third kappa shape index (κ3) is 2.59. The highest BCUT2D eigenvalue weighted by atomic mass is 79.9. The number of hydrogen-bond acceptors (Lipinski definition) is 2. The Morgan fingerprint density at radius 3 is 3.04 bits per heavy atom. The Bertz CT molecular complexity index is 980.